The predicted octanol–water partition coefficient (Wildman–Crippen LogP) is -1.02. The summed E-state index contributed by atoms with van der Waals surface area (Å²) in [4.78, 5) is 21.5. The number of carbonyl (C=O) groups is 1. The number of rotatable bonds is 4. The van der Waals surface area contributed by atoms with E-state index in [9.17, 15) is 25.1 Å². The minimum Gasteiger partial charge on any atom is -0.462 e. The normalized spacial score (nSPS) is 29.2. The highest BCUT2D eigenvalue weighted by atomic mass is 16.7. The number of aliphatic hydroxyl groups excluding tert-OH is 3. The largest absolute Gasteiger partial charge is 0.462 e. The van der Waals surface area contributed by atoms with E-state index in [1.807, 2.05) is 0 Å². The van der Waals surface area contributed by atoms with E-state index in [0.29, 0.717) is 0 Å². The summed E-state index contributed by atoms with van der Waals surface area (Å²) in [5.74, 6) is -0.794. The number of nitro benzene ring substituents is 1. The number of non-ortho nitro benzene ring substituents is 1. The number of ketones is 1. The molecule has 1 saturated heterocycles. The van der Waals surface area contributed by atoms with Crippen molar-refractivity contribution < 1.29 is 34.5 Å². The Labute approximate surface area is 118 Å². The summed E-state index contributed by atoms with van der Waals surface area (Å²) in [5.41, 5.74) is -0.146. The summed E-state index contributed by atoms with van der Waals surface area (Å²) in [6.45, 7) is -0.625. The number of nitro groups is 1. The highest BCUT2D eigenvalue weighted by Crippen LogP contribution is 2.23. The molecule has 1 aliphatic rings. The van der Waals surface area contributed by atoms with Crippen LogP contribution in [0.25, 0.3) is 0 Å². The van der Waals surface area contributed by atoms with Crippen LogP contribution in [0.3, 0.4) is 0 Å². The minimum atomic E-state index is -1.72. The third kappa shape index (κ3) is 3.16. The molecule has 1 fully saturated rings. The summed E-state index contributed by atoms with van der Waals surface area (Å²) in [5, 5.41) is 38.7. The molecule has 1 aromatic rings. The maximum atomic E-state index is 11.6. The fraction of sp³-hybridized carbons (Fsp3) is 0.417. The van der Waals surface area contributed by atoms with Crippen molar-refractivity contribution in [1.29, 1.82) is 0 Å². The molecular weight excluding hydrogens is 286 g/mol. The van der Waals surface area contributed by atoms with Gasteiger partial charge in [-0.05, 0) is 12.1 Å². The average molecular weight is 299 g/mol. The predicted molar refractivity (Wildman–Crippen MR) is 66.5 cm³/mol. The first-order valence-corrected chi connectivity index (χ1v) is 6.01. The van der Waals surface area contributed by atoms with Crippen LogP contribution in [0.15, 0.2) is 24.3 Å². The van der Waals surface area contributed by atoms with E-state index < -0.39 is 41.9 Å². The molecule has 21 heavy (non-hydrogen) atoms. The Hall–Kier alpha value is -2.07. The van der Waals surface area contributed by atoms with Gasteiger partial charge in [-0.25, -0.2) is 0 Å². The zero-order valence-corrected chi connectivity index (χ0v) is 10.7. The summed E-state index contributed by atoms with van der Waals surface area (Å²) >= 11 is 0. The monoisotopic (exact) mass is 299 g/mol. The van der Waals surface area contributed by atoms with Gasteiger partial charge in [-0.1, -0.05) is 0 Å². The van der Waals surface area contributed by atoms with E-state index in [2.05, 4.69) is 0 Å². The SMILES string of the molecule is O=C1C(O)[C@@H](CO)O[C@@H](Oc2ccc([N+](=O)[O-])cc2)[C@@H]1O. The zero-order valence-electron chi connectivity index (χ0n) is 10.7. The second-order valence-electron chi connectivity index (χ2n) is 4.39. The van der Waals surface area contributed by atoms with E-state index in [1.165, 1.54) is 24.3 Å². The second kappa shape index (κ2) is 6.14. The van der Waals surface area contributed by atoms with E-state index in [1.54, 1.807) is 0 Å². The Morgan fingerprint density at radius 2 is 1.86 bits per heavy atom. The van der Waals surface area contributed by atoms with E-state index in [4.69, 9.17) is 14.6 Å². The molecule has 0 spiro atoms. The van der Waals surface area contributed by atoms with Crippen molar-refractivity contribution in [3.63, 3.8) is 0 Å². The van der Waals surface area contributed by atoms with Crippen LogP contribution in [0, 0.1) is 10.1 Å². The minimum absolute atomic E-state index is 0.130. The Kier molecular flexibility index (Phi) is 4.48. The van der Waals surface area contributed by atoms with Crippen molar-refractivity contribution >= 4 is 11.5 Å². The van der Waals surface area contributed by atoms with Gasteiger partial charge in [0.1, 0.15) is 18.0 Å². The van der Waals surface area contributed by atoms with Crippen LogP contribution >= 0.6 is 0 Å². The lowest BCUT2D eigenvalue weighted by molar-refractivity contribution is -0.384. The van der Waals surface area contributed by atoms with Crippen LogP contribution in [0.5, 0.6) is 5.75 Å². The summed E-state index contributed by atoms with van der Waals surface area (Å²) in [6.07, 6.45) is -5.98. The molecule has 1 heterocycles. The lowest BCUT2D eigenvalue weighted by Crippen LogP contribution is -2.57. The van der Waals surface area contributed by atoms with E-state index in [-0.39, 0.29) is 11.4 Å². The van der Waals surface area contributed by atoms with Crippen molar-refractivity contribution in [2.75, 3.05) is 6.61 Å². The molecule has 0 aliphatic carbocycles. The molecule has 0 amide bonds. The molecule has 0 bridgehead atoms. The smallest absolute Gasteiger partial charge is 0.269 e. The number of benzene rings is 1. The lowest BCUT2D eigenvalue weighted by Gasteiger charge is -2.34. The number of hydrogen-bond acceptors (Lipinski definition) is 8. The summed E-state index contributed by atoms with van der Waals surface area (Å²) in [6, 6.07) is 4.92. The highest BCUT2D eigenvalue weighted by Gasteiger charge is 2.44. The molecule has 3 N–H and O–H groups in total. The van der Waals surface area contributed by atoms with Crippen molar-refractivity contribution in [3.8, 4) is 5.75 Å². The third-order valence-corrected chi connectivity index (χ3v) is 2.98. The van der Waals surface area contributed by atoms with Crippen LogP contribution in [-0.2, 0) is 9.53 Å². The summed E-state index contributed by atoms with van der Waals surface area (Å²) in [7, 11) is 0. The molecule has 9 nitrogen and oxygen atoms in total. The summed E-state index contributed by atoms with van der Waals surface area (Å²) < 4.78 is 10.3. The van der Waals surface area contributed by atoms with Crippen LogP contribution in [-0.4, -0.2) is 57.2 Å². The molecule has 1 aromatic carbocycles. The van der Waals surface area contributed by atoms with Gasteiger partial charge < -0.3 is 24.8 Å². The van der Waals surface area contributed by atoms with Crippen molar-refractivity contribution in [2.45, 2.75) is 24.6 Å². The maximum Gasteiger partial charge on any atom is 0.269 e. The maximum absolute atomic E-state index is 11.6. The fourth-order valence-corrected chi connectivity index (χ4v) is 1.83. The first kappa shape index (κ1) is 15.3. The van der Waals surface area contributed by atoms with Crippen molar-refractivity contribution in [3.05, 3.63) is 34.4 Å². The molecule has 0 radical (unpaired) electrons. The van der Waals surface area contributed by atoms with Gasteiger partial charge in [0.15, 0.2) is 11.9 Å². The number of Topliss-reactive ketones (excluding diaryl/α,β-unsaturated/α-hetero) is 1. The Balaban J connectivity index is 2.10. The number of ether oxygens (including phenoxy) is 2. The van der Waals surface area contributed by atoms with Gasteiger partial charge >= 0.3 is 0 Å². The zero-order chi connectivity index (χ0) is 15.6. The van der Waals surface area contributed by atoms with Gasteiger partial charge in [0.25, 0.3) is 5.69 Å². The number of nitrogens with zero attached hydrogens (tertiary/aromatic N) is 1. The quantitative estimate of drug-likeness (QED) is 0.474. The second-order valence-corrected chi connectivity index (χ2v) is 4.39. The number of carbonyl (C=O) groups excluding carboxylic acids is 1. The van der Waals surface area contributed by atoms with Gasteiger partial charge in [-0.2, -0.15) is 0 Å². The molecule has 2 rings (SSSR count). The Morgan fingerprint density at radius 1 is 1.24 bits per heavy atom. The average Bonchev–Trinajstić information content (AvgIpc) is 2.48. The Morgan fingerprint density at radius 3 is 2.38 bits per heavy atom. The van der Waals surface area contributed by atoms with Gasteiger partial charge in [-0.3, -0.25) is 14.9 Å². The standard InChI is InChI=1S/C12H13NO8/c14-5-8-9(15)10(16)11(17)12(21-8)20-7-3-1-6(2-4-7)13(18)19/h1-4,8-9,11-12,14-15,17H,5H2/t8-,9?,11-,12-/m1/s1. The lowest BCUT2D eigenvalue weighted by atomic mass is 10.0. The molecule has 1 aliphatic heterocycles. The third-order valence-electron chi connectivity index (χ3n) is 2.98. The van der Waals surface area contributed by atoms with Crippen molar-refractivity contribution in [1.82, 2.24) is 0 Å². The van der Waals surface area contributed by atoms with Gasteiger partial charge in [0, 0.05) is 12.1 Å². The first-order valence-electron chi connectivity index (χ1n) is 6.01. The Bertz CT molecular complexity index is 531. The number of aliphatic hydroxyl groups is 3. The topological polar surface area (TPSA) is 139 Å². The van der Waals surface area contributed by atoms with E-state index >= 15 is 0 Å². The van der Waals surface area contributed by atoms with Crippen LogP contribution < -0.4 is 4.74 Å². The molecular formula is C12H13NO8. The molecule has 1 unspecified atom stereocenters. The van der Waals surface area contributed by atoms with Crippen LogP contribution in [0.4, 0.5) is 5.69 Å². The van der Waals surface area contributed by atoms with Gasteiger partial charge in [0.05, 0.1) is 11.5 Å². The first-order chi connectivity index (χ1) is 9.93. The highest BCUT2D eigenvalue weighted by molar-refractivity contribution is 5.88. The van der Waals surface area contributed by atoms with E-state index in [0.717, 1.165) is 0 Å². The number of hydrogen-bond donors (Lipinski definition) is 3. The van der Waals surface area contributed by atoms with Crippen LogP contribution in [0.2, 0.25) is 0 Å². The molecule has 4 atom stereocenters. The fourth-order valence-electron chi connectivity index (χ4n) is 1.83. The molecule has 114 valence electrons. The van der Waals surface area contributed by atoms with Gasteiger partial charge in [0.2, 0.25) is 6.29 Å². The van der Waals surface area contributed by atoms with Crippen molar-refractivity contribution in [2.24, 2.45) is 0 Å². The van der Waals surface area contributed by atoms with Crippen LogP contribution in [0.1, 0.15) is 0 Å². The molecule has 0 saturated carbocycles. The molecule has 9 heteroatoms. The van der Waals surface area contributed by atoms with Gasteiger partial charge in [-0.15, -0.1) is 0 Å². The molecule has 0 aromatic heterocycles.